The normalized spacial score (nSPS) is 15.0. The Balaban J connectivity index is 1.54. The van der Waals surface area contributed by atoms with E-state index in [0.717, 1.165) is 24.8 Å². The highest BCUT2D eigenvalue weighted by atomic mass is 32.2. The van der Waals surface area contributed by atoms with Crippen molar-refractivity contribution in [1.29, 1.82) is 0 Å². The number of benzene rings is 1. The first-order valence-electron chi connectivity index (χ1n) is 11.6. The molecule has 0 aliphatic heterocycles. The van der Waals surface area contributed by atoms with Gasteiger partial charge in [-0.3, -0.25) is 18.6 Å². The van der Waals surface area contributed by atoms with Crippen LogP contribution in [0.2, 0.25) is 0 Å². The van der Waals surface area contributed by atoms with Gasteiger partial charge < -0.3 is 10.1 Å². The van der Waals surface area contributed by atoms with Crippen LogP contribution in [0.15, 0.2) is 45.9 Å². The first-order chi connectivity index (χ1) is 16.1. The Kier molecular flexibility index (Phi) is 7.82. The lowest BCUT2D eigenvalue weighted by Gasteiger charge is -2.15. The summed E-state index contributed by atoms with van der Waals surface area (Å²) in [6.45, 7) is 3.56. The lowest BCUT2D eigenvalue weighted by molar-refractivity contribution is -0.120. The van der Waals surface area contributed by atoms with Crippen molar-refractivity contribution in [2.75, 3.05) is 20.3 Å². The maximum Gasteiger partial charge on any atom is 0.262 e. The van der Waals surface area contributed by atoms with Crippen LogP contribution in [0, 0.1) is 0 Å². The maximum atomic E-state index is 13.1. The molecule has 0 saturated heterocycles. The van der Waals surface area contributed by atoms with Gasteiger partial charge in [-0.1, -0.05) is 35.5 Å². The molecule has 1 aliphatic rings. The van der Waals surface area contributed by atoms with Gasteiger partial charge in [0.2, 0.25) is 11.7 Å². The minimum atomic E-state index is -0.342. The number of hydrogen-bond donors (Lipinski definition) is 1. The van der Waals surface area contributed by atoms with Crippen molar-refractivity contribution in [2.24, 2.45) is 0 Å². The van der Waals surface area contributed by atoms with Crippen LogP contribution in [0.3, 0.4) is 0 Å². The monoisotopic (exact) mass is 469 g/mol. The second-order valence-corrected chi connectivity index (χ2v) is 9.66. The van der Waals surface area contributed by atoms with E-state index in [4.69, 9.17) is 4.74 Å². The molecule has 1 amide bonds. The van der Waals surface area contributed by atoms with Crippen molar-refractivity contribution in [3.63, 3.8) is 0 Å². The topological polar surface area (TPSA) is 90.5 Å². The molecule has 0 saturated carbocycles. The van der Waals surface area contributed by atoms with Gasteiger partial charge in [0.05, 0.1) is 16.2 Å². The number of ether oxygens (including phenoxy) is 1. The minimum absolute atomic E-state index is 0.0223. The first kappa shape index (κ1) is 23.5. The fraction of sp³-hybridized carbons (Fsp3) is 0.500. The smallest absolute Gasteiger partial charge is 0.262 e. The molecule has 3 aromatic rings. The van der Waals surface area contributed by atoms with E-state index in [-0.39, 0.29) is 16.7 Å². The number of hydrogen-bond acceptors (Lipinski definition) is 6. The highest BCUT2D eigenvalue weighted by Gasteiger charge is 2.21. The van der Waals surface area contributed by atoms with Gasteiger partial charge in [0, 0.05) is 26.8 Å². The number of nitrogens with zero attached hydrogens (tertiary/aromatic N) is 4. The van der Waals surface area contributed by atoms with Crippen molar-refractivity contribution >= 4 is 34.3 Å². The first-order valence-corrected chi connectivity index (χ1v) is 12.5. The van der Waals surface area contributed by atoms with E-state index in [1.807, 2.05) is 35.6 Å². The zero-order valence-corrected chi connectivity index (χ0v) is 20.1. The second kappa shape index (κ2) is 11.0. The van der Waals surface area contributed by atoms with Gasteiger partial charge in [0.1, 0.15) is 0 Å². The van der Waals surface area contributed by atoms with Crippen LogP contribution in [0.1, 0.15) is 45.4 Å². The number of aryl methyl sites for hydroxylation is 1. The molecule has 8 nitrogen and oxygen atoms in total. The Morgan fingerprint density at radius 2 is 2.12 bits per heavy atom. The zero-order chi connectivity index (χ0) is 23.2. The highest BCUT2D eigenvalue weighted by Crippen LogP contribution is 2.25. The number of carbonyl (C=O) groups is 1. The molecule has 0 radical (unpaired) electrons. The second-order valence-electron chi connectivity index (χ2n) is 8.35. The summed E-state index contributed by atoms with van der Waals surface area (Å²) < 4.78 is 8.67. The molecule has 4 rings (SSSR count). The summed E-state index contributed by atoms with van der Waals surface area (Å²) in [7, 11) is 1.64. The van der Waals surface area contributed by atoms with Gasteiger partial charge in [-0.25, -0.2) is 0 Å². The molecule has 33 heavy (non-hydrogen) atoms. The average Bonchev–Trinajstić information content (AvgIpc) is 3.25. The summed E-state index contributed by atoms with van der Waals surface area (Å²) >= 11 is 1.35. The average molecular weight is 470 g/mol. The number of nitrogens with one attached hydrogen (secondary N) is 1. The molecular formula is C24H31N5O3S. The van der Waals surface area contributed by atoms with Gasteiger partial charge in [0.25, 0.3) is 5.56 Å². The van der Waals surface area contributed by atoms with E-state index in [1.165, 1.54) is 30.2 Å². The van der Waals surface area contributed by atoms with Gasteiger partial charge in [-0.15, -0.1) is 10.2 Å². The van der Waals surface area contributed by atoms with Gasteiger partial charge >= 0.3 is 0 Å². The number of thioether (sulfide) groups is 1. The summed E-state index contributed by atoms with van der Waals surface area (Å²) in [6, 6.07) is 7.44. The Hall–Kier alpha value is -2.65. The van der Waals surface area contributed by atoms with Crippen molar-refractivity contribution in [3.05, 3.63) is 46.3 Å². The van der Waals surface area contributed by atoms with Gasteiger partial charge in [-0.05, 0) is 57.6 Å². The van der Waals surface area contributed by atoms with Gasteiger partial charge in [0.15, 0.2) is 5.16 Å². The minimum Gasteiger partial charge on any atom is -0.385 e. The van der Waals surface area contributed by atoms with E-state index in [2.05, 4.69) is 21.6 Å². The molecular weight excluding hydrogens is 438 g/mol. The summed E-state index contributed by atoms with van der Waals surface area (Å²) in [4.78, 5) is 25.8. The number of allylic oxidation sites excluding steroid dienone is 1. The molecule has 176 valence electrons. The summed E-state index contributed by atoms with van der Waals surface area (Å²) in [6.07, 6.45) is 8.73. The predicted octanol–water partition coefficient (Wildman–Crippen LogP) is 3.57. The van der Waals surface area contributed by atoms with Crippen molar-refractivity contribution in [2.45, 2.75) is 62.4 Å². The third-order valence-corrected chi connectivity index (χ3v) is 7.03. The molecule has 1 unspecified atom stereocenters. The van der Waals surface area contributed by atoms with Crippen LogP contribution in [0.5, 0.6) is 0 Å². The molecule has 9 heteroatoms. The number of methoxy groups -OCH3 is 1. The van der Waals surface area contributed by atoms with Crippen molar-refractivity contribution < 1.29 is 9.53 Å². The summed E-state index contributed by atoms with van der Waals surface area (Å²) in [5.74, 6) is 0.458. The quantitative estimate of drug-likeness (QED) is 0.277. The third-order valence-electron chi connectivity index (χ3n) is 5.99. The number of amides is 1. The fourth-order valence-electron chi connectivity index (χ4n) is 4.21. The molecule has 1 aliphatic carbocycles. The largest absolute Gasteiger partial charge is 0.385 e. The molecule has 0 spiro atoms. The van der Waals surface area contributed by atoms with Crippen LogP contribution < -0.4 is 10.9 Å². The lowest BCUT2D eigenvalue weighted by Crippen LogP contribution is -2.32. The molecule has 1 N–H and O–H groups in total. The van der Waals surface area contributed by atoms with E-state index in [1.54, 1.807) is 11.7 Å². The molecule has 1 aromatic carbocycles. The molecule has 1 atom stereocenters. The van der Waals surface area contributed by atoms with Crippen molar-refractivity contribution in [3.8, 4) is 0 Å². The zero-order valence-electron chi connectivity index (χ0n) is 19.2. The molecule has 0 fully saturated rings. The number of fused-ring (bicyclic) bond motifs is 3. The third kappa shape index (κ3) is 5.30. The van der Waals surface area contributed by atoms with Crippen LogP contribution in [0.4, 0.5) is 0 Å². The Morgan fingerprint density at radius 3 is 2.91 bits per heavy atom. The number of aromatic nitrogens is 4. The van der Waals surface area contributed by atoms with Crippen LogP contribution in [-0.4, -0.2) is 50.6 Å². The number of para-hydroxylation sites is 1. The van der Waals surface area contributed by atoms with E-state index in [9.17, 15) is 9.59 Å². The van der Waals surface area contributed by atoms with Crippen LogP contribution >= 0.6 is 11.8 Å². The van der Waals surface area contributed by atoms with Crippen molar-refractivity contribution in [1.82, 2.24) is 24.5 Å². The standard InChI is InChI=1S/C24H31N5O3S/c1-17(21(30)25-14-13-18-9-4-3-5-10-18)33-24-27-26-23-28(15-8-16-32-2)22(31)19-11-6-7-12-20(19)29(23)24/h6-7,9,11-12,17H,3-5,8,10,13-16H2,1-2H3,(H,25,30). The summed E-state index contributed by atoms with van der Waals surface area (Å²) in [5.41, 5.74) is 2.09. The van der Waals surface area contributed by atoms with Crippen LogP contribution in [-0.2, 0) is 16.1 Å². The fourth-order valence-corrected chi connectivity index (χ4v) is 5.09. The van der Waals surface area contributed by atoms with E-state index in [0.29, 0.717) is 42.4 Å². The Labute approximate surface area is 197 Å². The lowest BCUT2D eigenvalue weighted by atomic mass is 9.97. The molecule has 2 aromatic heterocycles. The predicted molar refractivity (Wildman–Crippen MR) is 131 cm³/mol. The summed E-state index contributed by atoms with van der Waals surface area (Å²) in [5, 5.41) is 12.6. The van der Waals surface area contributed by atoms with E-state index < -0.39 is 0 Å². The van der Waals surface area contributed by atoms with Gasteiger partial charge in [-0.2, -0.15) is 0 Å². The number of rotatable bonds is 10. The maximum absolute atomic E-state index is 13.1. The SMILES string of the molecule is COCCCn1c(=O)c2ccccc2n2c(SC(C)C(=O)NCCC3=CCCCC3)nnc12. The Morgan fingerprint density at radius 1 is 1.27 bits per heavy atom. The highest BCUT2D eigenvalue weighted by molar-refractivity contribution is 8.00. The molecule has 0 bridgehead atoms. The number of carbonyl (C=O) groups excluding carboxylic acids is 1. The van der Waals surface area contributed by atoms with E-state index >= 15 is 0 Å². The van der Waals surface area contributed by atoms with Crippen LogP contribution in [0.25, 0.3) is 16.7 Å². The molecule has 2 heterocycles. The Bertz CT molecular complexity index is 1220.